The number of nitrogens with zero attached hydrogens (tertiary/aromatic N) is 1. The number of ether oxygens (including phenoxy) is 1. The van der Waals surface area contributed by atoms with E-state index >= 15 is 0 Å². The smallest absolute Gasteiger partial charge is 0.311 e. The number of amides is 1. The molecule has 0 unspecified atom stereocenters. The van der Waals surface area contributed by atoms with E-state index in [1.54, 1.807) is 30.5 Å². The second-order valence-electron chi connectivity index (χ2n) is 4.58. The Balaban J connectivity index is 1.96. The lowest BCUT2D eigenvalue weighted by molar-refractivity contribution is -0.142. The Labute approximate surface area is 153 Å². The van der Waals surface area contributed by atoms with Gasteiger partial charge in [0.25, 0.3) is 0 Å². The van der Waals surface area contributed by atoms with Crippen molar-refractivity contribution in [3.63, 3.8) is 0 Å². The van der Waals surface area contributed by atoms with Crippen LogP contribution in [0.5, 0.6) is 0 Å². The van der Waals surface area contributed by atoms with E-state index in [1.165, 1.54) is 23.5 Å². The second kappa shape index (κ2) is 8.82. The highest BCUT2D eigenvalue weighted by atomic mass is 35.5. The van der Waals surface area contributed by atoms with Gasteiger partial charge in [0.2, 0.25) is 5.91 Å². The van der Waals surface area contributed by atoms with Crippen LogP contribution >= 0.6 is 34.5 Å². The van der Waals surface area contributed by atoms with Crippen LogP contribution in [-0.4, -0.2) is 23.5 Å². The van der Waals surface area contributed by atoms with Gasteiger partial charge in [0.15, 0.2) is 5.13 Å². The molecule has 0 aliphatic rings. The molecule has 8 heteroatoms. The summed E-state index contributed by atoms with van der Waals surface area (Å²) in [4.78, 5) is 27.5. The maximum Gasteiger partial charge on any atom is 0.311 e. The molecule has 0 saturated heterocycles. The lowest BCUT2D eigenvalue weighted by atomic mass is 10.2. The zero-order valence-corrected chi connectivity index (χ0v) is 15.0. The van der Waals surface area contributed by atoms with Gasteiger partial charge in [-0.15, -0.1) is 11.3 Å². The molecule has 0 aliphatic carbocycles. The van der Waals surface area contributed by atoms with Gasteiger partial charge in [-0.2, -0.15) is 0 Å². The molecule has 0 saturated carbocycles. The maximum atomic E-state index is 11.9. The van der Waals surface area contributed by atoms with Crippen molar-refractivity contribution in [1.29, 1.82) is 0 Å². The lowest BCUT2D eigenvalue weighted by Gasteiger charge is -2.01. The molecule has 0 fully saturated rings. The lowest BCUT2D eigenvalue weighted by Crippen LogP contribution is -2.09. The van der Waals surface area contributed by atoms with E-state index in [4.69, 9.17) is 27.9 Å². The number of nitrogens with one attached hydrogen (secondary N) is 1. The second-order valence-corrected chi connectivity index (χ2v) is 6.26. The van der Waals surface area contributed by atoms with Gasteiger partial charge < -0.3 is 4.74 Å². The number of anilines is 1. The highest BCUT2D eigenvalue weighted by Crippen LogP contribution is 2.25. The summed E-state index contributed by atoms with van der Waals surface area (Å²) in [5.41, 5.74) is 1.12. The van der Waals surface area contributed by atoms with E-state index in [1.807, 2.05) is 0 Å². The summed E-state index contributed by atoms with van der Waals surface area (Å²) in [6, 6.07) is 5.10. The van der Waals surface area contributed by atoms with Crippen LogP contribution in [0.2, 0.25) is 10.0 Å². The summed E-state index contributed by atoms with van der Waals surface area (Å²) >= 11 is 13.3. The molecule has 1 aromatic carbocycles. The molecule has 0 radical (unpaired) electrons. The SMILES string of the molecule is CCOC(=O)Cc1csc(NC(=O)C=Cc2c(Cl)cccc2Cl)n1. The Morgan fingerprint density at radius 2 is 2.04 bits per heavy atom. The predicted octanol–water partition coefficient (Wildman–Crippen LogP) is 4.21. The molecule has 5 nitrogen and oxygen atoms in total. The van der Waals surface area contributed by atoms with Crippen LogP contribution in [0, 0.1) is 0 Å². The first-order chi connectivity index (χ1) is 11.5. The Morgan fingerprint density at radius 3 is 2.71 bits per heavy atom. The van der Waals surface area contributed by atoms with E-state index < -0.39 is 0 Å². The monoisotopic (exact) mass is 384 g/mol. The van der Waals surface area contributed by atoms with Gasteiger partial charge in [0.1, 0.15) is 0 Å². The highest BCUT2D eigenvalue weighted by Gasteiger charge is 2.09. The number of halogens is 2. The van der Waals surface area contributed by atoms with Crippen LogP contribution < -0.4 is 5.32 Å². The van der Waals surface area contributed by atoms with Crippen LogP contribution in [0.3, 0.4) is 0 Å². The molecule has 1 aromatic heterocycles. The van der Waals surface area contributed by atoms with Crippen LogP contribution in [0.1, 0.15) is 18.2 Å². The van der Waals surface area contributed by atoms with Crippen LogP contribution in [0.4, 0.5) is 5.13 Å². The van der Waals surface area contributed by atoms with Crippen LogP contribution in [-0.2, 0) is 20.7 Å². The molecule has 0 bridgehead atoms. The van der Waals surface area contributed by atoms with E-state index in [0.717, 1.165) is 0 Å². The first kappa shape index (κ1) is 18.4. The topological polar surface area (TPSA) is 68.3 Å². The largest absolute Gasteiger partial charge is 0.466 e. The van der Waals surface area contributed by atoms with Crippen molar-refractivity contribution >= 4 is 57.6 Å². The van der Waals surface area contributed by atoms with E-state index in [0.29, 0.717) is 33.0 Å². The average molecular weight is 385 g/mol. The summed E-state index contributed by atoms with van der Waals surface area (Å²) in [5.74, 6) is -0.725. The Bertz CT molecular complexity index is 754. The normalized spacial score (nSPS) is 10.8. The number of hydrogen-bond acceptors (Lipinski definition) is 5. The fourth-order valence-corrected chi connectivity index (χ4v) is 3.02. The van der Waals surface area contributed by atoms with Gasteiger partial charge in [-0.25, -0.2) is 4.98 Å². The molecule has 1 heterocycles. The number of carbonyl (C=O) groups is 2. The van der Waals surface area contributed by atoms with Gasteiger partial charge in [0, 0.05) is 27.1 Å². The molecule has 0 atom stereocenters. The van der Waals surface area contributed by atoms with Gasteiger partial charge >= 0.3 is 5.97 Å². The van der Waals surface area contributed by atoms with Crippen molar-refractivity contribution in [2.45, 2.75) is 13.3 Å². The minimum absolute atomic E-state index is 0.0747. The predicted molar refractivity (Wildman–Crippen MR) is 96.6 cm³/mol. The maximum absolute atomic E-state index is 11.9. The van der Waals surface area contributed by atoms with Gasteiger partial charge in [-0.1, -0.05) is 29.3 Å². The number of thiazole rings is 1. The summed E-state index contributed by atoms with van der Waals surface area (Å²) in [6.07, 6.45) is 2.93. The van der Waals surface area contributed by atoms with Crippen molar-refractivity contribution in [3.05, 3.63) is 51.0 Å². The molecule has 0 spiro atoms. The van der Waals surface area contributed by atoms with E-state index in [2.05, 4.69) is 10.3 Å². The number of rotatable bonds is 6. The summed E-state index contributed by atoms with van der Waals surface area (Å²) in [6.45, 7) is 2.06. The Morgan fingerprint density at radius 1 is 1.33 bits per heavy atom. The molecule has 126 valence electrons. The molecule has 1 amide bonds. The van der Waals surface area contributed by atoms with Crippen molar-refractivity contribution < 1.29 is 14.3 Å². The summed E-state index contributed by atoms with van der Waals surface area (Å²) in [5, 5.41) is 5.63. The molecule has 2 rings (SSSR count). The fourth-order valence-electron chi connectivity index (χ4n) is 1.78. The van der Waals surface area contributed by atoms with Crippen molar-refractivity contribution in [1.82, 2.24) is 4.98 Å². The average Bonchev–Trinajstić information content (AvgIpc) is 2.93. The third-order valence-corrected chi connectivity index (χ3v) is 4.28. The molecule has 0 aliphatic heterocycles. The van der Waals surface area contributed by atoms with Crippen LogP contribution in [0.25, 0.3) is 6.08 Å². The van der Waals surface area contributed by atoms with Gasteiger partial charge in [-0.3, -0.25) is 14.9 Å². The third-order valence-electron chi connectivity index (χ3n) is 2.81. The first-order valence-electron chi connectivity index (χ1n) is 7.02. The molecular formula is C16H14Cl2N2O3S. The standard InChI is InChI=1S/C16H14Cl2N2O3S/c1-2-23-15(22)8-10-9-24-16(19-10)20-14(21)7-6-11-12(17)4-3-5-13(11)18/h3-7,9H,2,8H2,1H3,(H,19,20,21). The first-order valence-corrected chi connectivity index (χ1v) is 8.66. The van der Waals surface area contributed by atoms with E-state index in [9.17, 15) is 9.59 Å². The van der Waals surface area contributed by atoms with Crippen molar-refractivity contribution in [3.8, 4) is 0 Å². The van der Waals surface area contributed by atoms with E-state index in [-0.39, 0.29) is 18.3 Å². The molecular weight excluding hydrogens is 371 g/mol. The minimum Gasteiger partial charge on any atom is -0.466 e. The molecule has 24 heavy (non-hydrogen) atoms. The van der Waals surface area contributed by atoms with Crippen molar-refractivity contribution in [2.75, 3.05) is 11.9 Å². The summed E-state index contributed by atoms with van der Waals surface area (Å²) in [7, 11) is 0. The zero-order chi connectivity index (χ0) is 17.5. The number of benzene rings is 1. The number of carbonyl (C=O) groups excluding carboxylic acids is 2. The highest BCUT2D eigenvalue weighted by molar-refractivity contribution is 7.14. The van der Waals surface area contributed by atoms with Crippen molar-refractivity contribution in [2.24, 2.45) is 0 Å². The fraction of sp³-hybridized carbons (Fsp3) is 0.188. The number of aromatic nitrogens is 1. The Hall–Kier alpha value is -1.89. The van der Waals surface area contributed by atoms with Gasteiger partial charge in [-0.05, 0) is 25.1 Å². The Kier molecular flexibility index (Phi) is 6.78. The molecule has 1 N–H and O–H groups in total. The van der Waals surface area contributed by atoms with Gasteiger partial charge in [0.05, 0.1) is 18.7 Å². The molecule has 2 aromatic rings. The van der Waals surface area contributed by atoms with Crippen LogP contribution in [0.15, 0.2) is 29.7 Å². The third kappa shape index (κ3) is 5.33. The minimum atomic E-state index is -0.372. The quantitative estimate of drug-likeness (QED) is 0.598. The summed E-state index contributed by atoms with van der Waals surface area (Å²) < 4.78 is 4.85. The number of hydrogen-bond donors (Lipinski definition) is 1. The number of esters is 1. The zero-order valence-electron chi connectivity index (χ0n) is 12.7.